The molecule has 1 heterocycles. The fourth-order valence-electron chi connectivity index (χ4n) is 1.87. The van der Waals surface area contributed by atoms with Gasteiger partial charge in [0.25, 0.3) is 0 Å². The number of pyridine rings is 1. The second-order valence-corrected chi connectivity index (χ2v) is 4.91. The summed E-state index contributed by atoms with van der Waals surface area (Å²) in [5.41, 5.74) is 0. The summed E-state index contributed by atoms with van der Waals surface area (Å²) in [6.07, 6.45) is 7.90. The van der Waals surface area contributed by atoms with Crippen molar-refractivity contribution < 1.29 is 9.94 Å². The maximum Gasteiger partial charge on any atom is 0.152 e. The number of halogens is 1. The van der Waals surface area contributed by atoms with Crippen LogP contribution in [0, 0.1) is 0 Å². The Hall–Kier alpha value is -1.17. The highest BCUT2D eigenvalue weighted by Gasteiger charge is 2.29. The van der Waals surface area contributed by atoms with E-state index in [2.05, 4.69) is 27.5 Å². The Labute approximate surface area is 115 Å². The van der Waals surface area contributed by atoms with Crippen molar-refractivity contribution in [3.05, 3.63) is 47.6 Å². The van der Waals surface area contributed by atoms with Gasteiger partial charge in [0, 0.05) is 10.7 Å². The first kappa shape index (κ1) is 13.3. The van der Waals surface area contributed by atoms with Gasteiger partial charge in [0.05, 0.1) is 18.8 Å². The van der Waals surface area contributed by atoms with Crippen LogP contribution in [0.2, 0.25) is 0 Å². The number of rotatable bonds is 5. The molecule has 0 saturated heterocycles. The molecule has 0 spiro atoms. The van der Waals surface area contributed by atoms with E-state index in [1.54, 1.807) is 18.3 Å². The Morgan fingerprint density at radius 1 is 1.61 bits per heavy atom. The predicted octanol–water partition coefficient (Wildman–Crippen LogP) is 2.94. The summed E-state index contributed by atoms with van der Waals surface area (Å²) in [5, 5.41) is 11.4. The number of hydrogen-bond donors (Lipinski definition) is 1. The molecule has 2 atom stereocenters. The molecule has 0 amide bonds. The van der Waals surface area contributed by atoms with Gasteiger partial charge in [-0.25, -0.2) is 10.0 Å². The van der Waals surface area contributed by atoms with Crippen molar-refractivity contribution in [1.29, 1.82) is 0 Å². The largest absolute Gasteiger partial charge is 0.368 e. The lowest BCUT2D eigenvalue weighted by atomic mass is 10.2. The Morgan fingerprint density at radius 3 is 3.11 bits per heavy atom. The van der Waals surface area contributed by atoms with Gasteiger partial charge in [-0.15, -0.1) is 6.58 Å². The number of ether oxygens (including phenoxy) is 1. The quantitative estimate of drug-likeness (QED) is 0.671. The molecule has 1 aromatic rings. The van der Waals surface area contributed by atoms with Crippen molar-refractivity contribution in [2.45, 2.75) is 18.6 Å². The molecule has 1 N–H and O–H groups in total. The first-order chi connectivity index (χ1) is 8.72. The standard InChI is InChI=1S/C13H15BrN2O2/c1-2-8-18-12-5-3-4-11(12)16(17)13-7-6-10(14)9-15-13/h2-3,5-7,9,11-12,17H,1,4,8H2/t11-,12-/m1/s1. The molecule has 0 bridgehead atoms. The van der Waals surface area contributed by atoms with E-state index in [0.29, 0.717) is 12.4 Å². The van der Waals surface area contributed by atoms with Crippen molar-refractivity contribution in [2.75, 3.05) is 11.7 Å². The fourth-order valence-corrected chi connectivity index (χ4v) is 2.11. The minimum absolute atomic E-state index is 0.140. The highest BCUT2D eigenvalue weighted by molar-refractivity contribution is 9.10. The molecule has 1 aromatic heterocycles. The lowest BCUT2D eigenvalue weighted by Gasteiger charge is -2.28. The van der Waals surface area contributed by atoms with Gasteiger partial charge in [0.15, 0.2) is 5.82 Å². The number of hydroxylamine groups is 1. The molecule has 0 unspecified atom stereocenters. The number of aromatic nitrogens is 1. The number of anilines is 1. The summed E-state index contributed by atoms with van der Waals surface area (Å²) in [6.45, 7) is 4.08. The van der Waals surface area contributed by atoms with Crippen LogP contribution in [-0.4, -0.2) is 28.9 Å². The zero-order valence-corrected chi connectivity index (χ0v) is 11.5. The number of nitrogens with zero attached hydrogens (tertiary/aromatic N) is 2. The molecule has 4 nitrogen and oxygen atoms in total. The van der Waals surface area contributed by atoms with E-state index in [-0.39, 0.29) is 12.1 Å². The summed E-state index contributed by atoms with van der Waals surface area (Å²) in [7, 11) is 0. The molecule has 18 heavy (non-hydrogen) atoms. The lowest BCUT2D eigenvalue weighted by molar-refractivity contribution is 0.0635. The maximum absolute atomic E-state index is 10.2. The Bertz CT molecular complexity index is 433. The van der Waals surface area contributed by atoms with Gasteiger partial charge in [-0.2, -0.15) is 0 Å². The first-order valence-electron chi connectivity index (χ1n) is 5.71. The second-order valence-electron chi connectivity index (χ2n) is 4.00. The lowest BCUT2D eigenvalue weighted by Crippen LogP contribution is -2.40. The van der Waals surface area contributed by atoms with Crippen LogP contribution in [0.15, 0.2) is 47.6 Å². The molecule has 0 radical (unpaired) electrons. The minimum atomic E-state index is -0.140. The SMILES string of the molecule is C=CCO[C@@H]1C=CC[C@H]1N(O)c1ccc(Br)cn1. The zero-order chi connectivity index (χ0) is 13.0. The van der Waals surface area contributed by atoms with E-state index >= 15 is 0 Å². The molecule has 1 aliphatic rings. The number of hydrogen-bond acceptors (Lipinski definition) is 4. The van der Waals surface area contributed by atoms with Crippen LogP contribution in [0.25, 0.3) is 0 Å². The second kappa shape index (κ2) is 6.13. The van der Waals surface area contributed by atoms with E-state index in [9.17, 15) is 5.21 Å². The van der Waals surface area contributed by atoms with Crippen LogP contribution in [0.5, 0.6) is 0 Å². The van der Waals surface area contributed by atoms with Crippen molar-refractivity contribution in [3.63, 3.8) is 0 Å². The van der Waals surface area contributed by atoms with Crippen LogP contribution >= 0.6 is 15.9 Å². The summed E-state index contributed by atoms with van der Waals surface area (Å²) >= 11 is 3.31. The van der Waals surface area contributed by atoms with Crippen LogP contribution in [-0.2, 0) is 4.74 Å². The summed E-state index contributed by atoms with van der Waals surface area (Å²) in [6, 6.07) is 3.46. The third kappa shape index (κ3) is 2.98. The van der Waals surface area contributed by atoms with E-state index in [4.69, 9.17) is 4.74 Å². The van der Waals surface area contributed by atoms with Crippen molar-refractivity contribution in [2.24, 2.45) is 0 Å². The minimum Gasteiger partial charge on any atom is -0.368 e. The van der Waals surface area contributed by atoms with Gasteiger partial charge in [-0.05, 0) is 34.5 Å². The predicted molar refractivity (Wildman–Crippen MR) is 73.7 cm³/mol. The molecule has 2 rings (SSSR count). The highest BCUT2D eigenvalue weighted by Crippen LogP contribution is 2.24. The van der Waals surface area contributed by atoms with Gasteiger partial charge in [-0.1, -0.05) is 18.2 Å². The van der Waals surface area contributed by atoms with E-state index in [1.165, 1.54) is 5.06 Å². The molecule has 5 heteroatoms. The molecule has 0 fully saturated rings. The van der Waals surface area contributed by atoms with Gasteiger partial charge in [-0.3, -0.25) is 5.21 Å². The van der Waals surface area contributed by atoms with Crippen LogP contribution in [0.3, 0.4) is 0 Å². The Morgan fingerprint density at radius 2 is 2.44 bits per heavy atom. The molecular formula is C13H15BrN2O2. The Kier molecular flexibility index (Phi) is 4.52. The smallest absolute Gasteiger partial charge is 0.152 e. The average molecular weight is 311 g/mol. The molecule has 96 valence electrons. The van der Waals surface area contributed by atoms with Gasteiger partial charge < -0.3 is 4.74 Å². The van der Waals surface area contributed by atoms with Crippen LogP contribution in [0.4, 0.5) is 5.82 Å². The van der Waals surface area contributed by atoms with Crippen LogP contribution < -0.4 is 5.06 Å². The molecule has 0 aromatic carbocycles. The summed E-state index contributed by atoms with van der Waals surface area (Å²) in [4.78, 5) is 4.16. The third-order valence-electron chi connectivity index (χ3n) is 2.75. The van der Waals surface area contributed by atoms with Gasteiger partial charge in [0.2, 0.25) is 0 Å². The summed E-state index contributed by atoms with van der Waals surface area (Å²) in [5.74, 6) is 0.513. The van der Waals surface area contributed by atoms with Gasteiger partial charge >= 0.3 is 0 Å². The monoisotopic (exact) mass is 310 g/mol. The Balaban J connectivity index is 2.06. The topological polar surface area (TPSA) is 45.6 Å². The summed E-state index contributed by atoms with van der Waals surface area (Å²) < 4.78 is 6.47. The van der Waals surface area contributed by atoms with Gasteiger partial charge in [0.1, 0.15) is 0 Å². The third-order valence-corrected chi connectivity index (χ3v) is 3.22. The van der Waals surface area contributed by atoms with Crippen LogP contribution in [0.1, 0.15) is 6.42 Å². The van der Waals surface area contributed by atoms with Crippen molar-refractivity contribution in [3.8, 4) is 0 Å². The van der Waals surface area contributed by atoms with Crippen molar-refractivity contribution in [1.82, 2.24) is 4.98 Å². The molecule has 1 aliphatic carbocycles. The fraction of sp³-hybridized carbons (Fsp3) is 0.308. The zero-order valence-electron chi connectivity index (χ0n) is 9.87. The first-order valence-corrected chi connectivity index (χ1v) is 6.50. The highest BCUT2D eigenvalue weighted by atomic mass is 79.9. The van der Waals surface area contributed by atoms with E-state index in [0.717, 1.165) is 10.9 Å². The molecule has 0 saturated carbocycles. The average Bonchev–Trinajstić information content (AvgIpc) is 2.84. The molecular weight excluding hydrogens is 296 g/mol. The van der Waals surface area contributed by atoms with Crippen molar-refractivity contribution >= 4 is 21.7 Å². The maximum atomic E-state index is 10.2. The normalized spacial score (nSPS) is 22.1. The van der Waals surface area contributed by atoms with E-state index in [1.807, 2.05) is 18.2 Å². The van der Waals surface area contributed by atoms with E-state index < -0.39 is 0 Å². The molecule has 0 aliphatic heterocycles.